The molecule has 15 heteroatoms. The first-order chi connectivity index (χ1) is 23.4. The lowest BCUT2D eigenvalue weighted by Crippen LogP contribution is -2.60. The van der Waals surface area contributed by atoms with Crippen LogP contribution >= 0.6 is 0 Å². The van der Waals surface area contributed by atoms with Crippen molar-refractivity contribution >= 4 is 35.2 Å². The minimum atomic E-state index is -5.25. The van der Waals surface area contributed by atoms with E-state index >= 15 is 0 Å². The molecule has 278 valence electrons. The summed E-state index contributed by atoms with van der Waals surface area (Å²) < 4.78 is 45.3. The number of carbonyl (C=O) groups excluding carboxylic acids is 6. The van der Waals surface area contributed by atoms with Gasteiger partial charge < -0.3 is 25.6 Å². The average molecular weight is 710 g/mol. The zero-order valence-corrected chi connectivity index (χ0v) is 29.7. The number of methoxy groups -OCH3 is 1. The maximum atomic E-state index is 14.2. The molecule has 50 heavy (non-hydrogen) atoms. The van der Waals surface area contributed by atoms with Crippen LogP contribution in [0.4, 0.5) is 13.2 Å². The van der Waals surface area contributed by atoms with E-state index in [9.17, 15) is 41.9 Å². The van der Waals surface area contributed by atoms with Crippen molar-refractivity contribution in [3.8, 4) is 5.75 Å². The highest BCUT2D eigenvalue weighted by atomic mass is 19.4. The number of nitrogens with zero attached hydrogens (tertiary/aromatic N) is 2. The Balaban J connectivity index is 2.02. The van der Waals surface area contributed by atoms with Crippen molar-refractivity contribution in [2.45, 2.75) is 103 Å². The monoisotopic (exact) mass is 709 g/mol. The average Bonchev–Trinajstić information content (AvgIpc) is 3.51. The minimum Gasteiger partial charge on any atom is -0.496 e. The Morgan fingerprint density at radius 3 is 2.24 bits per heavy atom. The number of ketones is 2. The van der Waals surface area contributed by atoms with Gasteiger partial charge in [0.2, 0.25) is 29.3 Å². The Kier molecular flexibility index (Phi) is 14.0. The SMILES string of the molecule is CCCN(CCC)[C@@H]1C[C@@H](C(=O)NC(CC2CCCNC2=O)C(=O)C(=O)c2ccccc2OC)N(C(=O)[C@@H](NC(=O)C(F)(F)F)C(C)(C)C)C1. The highest BCUT2D eigenvalue weighted by molar-refractivity contribution is 6.46. The molecule has 0 aromatic heterocycles. The molecule has 2 saturated heterocycles. The van der Waals surface area contributed by atoms with Crippen LogP contribution in [0.25, 0.3) is 0 Å². The lowest BCUT2D eigenvalue weighted by molar-refractivity contribution is -0.176. The summed E-state index contributed by atoms with van der Waals surface area (Å²) in [5.41, 5.74) is -1.22. The predicted molar refractivity (Wildman–Crippen MR) is 178 cm³/mol. The quantitative estimate of drug-likeness (QED) is 0.186. The molecule has 1 aromatic rings. The highest BCUT2D eigenvalue weighted by Crippen LogP contribution is 2.30. The predicted octanol–water partition coefficient (Wildman–Crippen LogP) is 3.03. The number of likely N-dealkylation sites (tertiary alicyclic amines) is 1. The maximum Gasteiger partial charge on any atom is 0.471 e. The summed E-state index contributed by atoms with van der Waals surface area (Å²) >= 11 is 0. The third-order valence-corrected chi connectivity index (χ3v) is 9.18. The fourth-order valence-electron chi connectivity index (χ4n) is 6.62. The number of amides is 4. The van der Waals surface area contributed by atoms with E-state index in [-0.39, 0.29) is 42.6 Å². The van der Waals surface area contributed by atoms with E-state index in [4.69, 9.17) is 4.74 Å². The second-order valence-electron chi connectivity index (χ2n) is 14.0. The second-order valence-corrected chi connectivity index (χ2v) is 14.0. The third-order valence-electron chi connectivity index (χ3n) is 9.18. The molecule has 0 saturated carbocycles. The summed E-state index contributed by atoms with van der Waals surface area (Å²) in [5.74, 6) is -6.77. The Bertz CT molecular complexity index is 1410. The number of para-hydroxylation sites is 1. The van der Waals surface area contributed by atoms with E-state index in [1.165, 1.54) is 44.9 Å². The van der Waals surface area contributed by atoms with Gasteiger partial charge in [0.25, 0.3) is 0 Å². The number of rotatable bonds is 15. The molecule has 0 spiro atoms. The van der Waals surface area contributed by atoms with Crippen molar-refractivity contribution in [1.29, 1.82) is 0 Å². The van der Waals surface area contributed by atoms with Gasteiger partial charge in [0.05, 0.1) is 18.7 Å². The zero-order valence-electron chi connectivity index (χ0n) is 29.7. The summed E-state index contributed by atoms with van der Waals surface area (Å²) in [6.45, 7) is 10.2. The first-order valence-electron chi connectivity index (χ1n) is 17.2. The van der Waals surface area contributed by atoms with Crippen molar-refractivity contribution < 1.29 is 46.7 Å². The number of carbonyl (C=O) groups is 6. The molecular formula is C35H50F3N5O7. The van der Waals surface area contributed by atoms with Gasteiger partial charge in [-0.3, -0.25) is 33.7 Å². The maximum absolute atomic E-state index is 14.2. The summed E-state index contributed by atoms with van der Waals surface area (Å²) in [5, 5.41) is 7.23. The lowest BCUT2D eigenvalue weighted by Gasteiger charge is -2.36. The smallest absolute Gasteiger partial charge is 0.471 e. The first kappa shape index (κ1) is 40.4. The molecule has 0 bridgehead atoms. The summed E-state index contributed by atoms with van der Waals surface area (Å²) in [7, 11) is 1.34. The minimum absolute atomic E-state index is 0.0187. The van der Waals surface area contributed by atoms with Crippen LogP contribution < -0.4 is 20.7 Å². The topological polar surface area (TPSA) is 154 Å². The van der Waals surface area contributed by atoms with Crippen molar-refractivity contribution in [3.05, 3.63) is 29.8 Å². The van der Waals surface area contributed by atoms with E-state index in [1.54, 1.807) is 12.1 Å². The standard InChI is InChI=1S/C35H50F3N5O7/c1-7-16-42(17-8-2)22-19-25(43(20-22)32(48)29(34(3,4)5)41-33(49)35(36,37)38)31(47)40-24(18-21-12-11-15-39-30(21)46)28(45)27(44)23-13-9-10-14-26(23)50-6/h9-10,13-14,21-22,24-25,29H,7-8,11-12,15-20H2,1-6H3,(H,39,46)(H,40,47)(H,41,49)/t21?,22-,24?,25+,29-/m1/s1. The summed E-state index contributed by atoms with van der Waals surface area (Å²) in [6, 6.07) is 1.36. The largest absolute Gasteiger partial charge is 0.496 e. The van der Waals surface area contributed by atoms with Gasteiger partial charge in [0.15, 0.2) is 0 Å². The van der Waals surface area contributed by atoms with Crippen LogP contribution in [0.15, 0.2) is 24.3 Å². The molecule has 2 aliphatic rings. The van der Waals surface area contributed by atoms with E-state index in [2.05, 4.69) is 15.5 Å². The third kappa shape index (κ3) is 10.0. The molecule has 12 nitrogen and oxygen atoms in total. The zero-order chi connectivity index (χ0) is 37.4. The number of nitrogens with one attached hydrogen (secondary N) is 3. The van der Waals surface area contributed by atoms with Crippen LogP contribution in [0.1, 0.15) is 83.5 Å². The molecule has 4 amide bonds. The number of halogens is 3. The van der Waals surface area contributed by atoms with Crippen molar-refractivity contribution in [2.75, 3.05) is 33.3 Å². The van der Waals surface area contributed by atoms with E-state index in [0.717, 1.165) is 12.8 Å². The fourth-order valence-corrected chi connectivity index (χ4v) is 6.62. The number of piperidine rings is 1. The molecule has 3 rings (SSSR count). The van der Waals surface area contributed by atoms with Gasteiger partial charge in [-0.05, 0) is 69.2 Å². The van der Waals surface area contributed by atoms with Crippen molar-refractivity contribution in [1.82, 2.24) is 25.8 Å². The van der Waals surface area contributed by atoms with Gasteiger partial charge >= 0.3 is 12.1 Å². The molecule has 2 fully saturated rings. The molecule has 5 atom stereocenters. The Morgan fingerprint density at radius 1 is 1.04 bits per heavy atom. The van der Waals surface area contributed by atoms with Gasteiger partial charge in [-0.1, -0.05) is 46.8 Å². The van der Waals surface area contributed by atoms with Gasteiger partial charge in [0, 0.05) is 25.0 Å². The number of Topliss-reactive ketones (excluding diaryl/α,β-unsaturated/α-hetero) is 2. The molecule has 0 radical (unpaired) electrons. The van der Waals surface area contributed by atoms with Crippen LogP contribution in [0.5, 0.6) is 5.75 Å². The number of alkyl halides is 3. The van der Waals surface area contributed by atoms with Gasteiger partial charge in [0.1, 0.15) is 17.8 Å². The van der Waals surface area contributed by atoms with E-state index in [0.29, 0.717) is 32.5 Å². The highest BCUT2D eigenvalue weighted by Gasteiger charge is 2.49. The van der Waals surface area contributed by atoms with Crippen LogP contribution in [-0.4, -0.2) is 109 Å². The van der Waals surface area contributed by atoms with Gasteiger partial charge in [-0.25, -0.2) is 0 Å². The van der Waals surface area contributed by atoms with Crippen LogP contribution in [0, 0.1) is 11.3 Å². The van der Waals surface area contributed by atoms with E-state index in [1.807, 2.05) is 19.2 Å². The Hall–Kier alpha value is -4.01. The Morgan fingerprint density at radius 2 is 1.68 bits per heavy atom. The molecular weight excluding hydrogens is 659 g/mol. The normalized spacial score (nSPS) is 20.9. The lowest BCUT2D eigenvalue weighted by atomic mass is 9.85. The molecule has 2 heterocycles. The fraction of sp³-hybridized carbons (Fsp3) is 0.657. The van der Waals surface area contributed by atoms with Gasteiger partial charge in [-0.2, -0.15) is 13.2 Å². The summed E-state index contributed by atoms with van der Waals surface area (Å²) in [6.07, 6.45) is -2.78. The first-order valence-corrected chi connectivity index (χ1v) is 17.2. The van der Waals surface area contributed by atoms with Crippen LogP contribution in [0.3, 0.4) is 0 Å². The molecule has 2 aliphatic heterocycles. The number of benzene rings is 1. The second kappa shape index (κ2) is 17.3. The molecule has 2 unspecified atom stereocenters. The van der Waals surface area contributed by atoms with Crippen LogP contribution in [0.2, 0.25) is 0 Å². The number of hydrogen-bond acceptors (Lipinski definition) is 8. The molecule has 3 N–H and O–H groups in total. The van der Waals surface area contributed by atoms with Gasteiger partial charge in [-0.15, -0.1) is 0 Å². The number of hydrogen-bond donors (Lipinski definition) is 3. The summed E-state index contributed by atoms with van der Waals surface area (Å²) in [4.78, 5) is 83.9. The van der Waals surface area contributed by atoms with Crippen LogP contribution in [-0.2, 0) is 24.0 Å². The molecule has 0 aliphatic carbocycles. The Labute approximate surface area is 291 Å². The number of ether oxygens (including phenoxy) is 1. The van der Waals surface area contributed by atoms with E-state index < -0.39 is 64.9 Å². The van der Waals surface area contributed by atoms with Crippen molar-refractivity contribution in [3.63, 3.8) is 0 Å². The molecule has 1 aromatic carbocycles. The van der Waals surface area contributed by atoms with Crippen molar-refractivity contribution in [2.24, 2.45) is 11.3 Å².